The molecule has 45 heavy (non-hydrogen) atoms. The Morgan fingerprint density at radius 3 is 2.51 bits per heavy atom. The summed E-state index contributed by atoms with van der Waals surface area (Å²) < 4.78 is 16.4. The molecule has 0 unspecified atom stereocenters. The number of fused-ring (bicyclic) bond motifs is 1. The second-order valence-electron chi connectivity index (χ2n) is 10.8. The van der Waals surface area contributed by atoms with Crippen molar-refractivity contribution >= 4 is 45.0 Å². The minimum atomic E-state index is -0.843. The minimum absolute atomic E-state index is 0.174. The van der Waals surface area contributed by atoms with E-state index in [0.29, 0.717) is 26.3 Å². The molecule has 0 saturated carbocycles. The first-order chi connectivity index (χ1) is 21.7. The number of esters is 1. The highest BCUT2D eigenvalue weighted by Gasteiger charge is 2.37. The molecule has 3 heterocycles. The van der Waals surface area contributed by atoms with E-state index in [1.807, 2.05) is 60.7 Å². The summed E-state index contributed by atoms with van der Waals surface area (Å²) in [7, 11) is 1.58. The van der Waals surface area contributed by atoms with Crippen LogP contribution in [0.15, 0.2) is 98.7 Å². The van der Waals surface area contributed by atoms with E-state index in [2.05, 4.69) is 65.5 Å². The molecular formula is C36H32BrN3O4S. The van der Waals surface area contributed by atoms with Crippen molar-refractivity contribution in [2.45, 2.75) is 33.7 Å². The lowest BCUT2D eigenvalue weighted by Gasteiger charge is -2.27. The summed E-state index contributed by atoms with van der Waals surface area (Å²) in [6.45, 7) is 8.13. The Morgan fingerprint density at radius 1 is 1.02 bits per heavy atom. The predicted molar refractivity (Wildman–Crippen MR) is 182 cm³/mol. The van der Waals surface area contributed by atoms with Crippen LogP contribution in [0.5, 0.6) is 5.75 Å². The van der Waals surface area contributed by atoms with Gasteiger partial charge in [-0.1, -0.05) is 69.7 Å². The quantitative estimate of drug-likeness (QED) is 0.186. The first-order valence-corrected chi connectivity index (χ1v) is 16.2. The van der Waals surface area contributed by atoms with Crippen molar-refractivity contribution in [3.05, 3.63) is 142 Å². The van der Waals surface area contributed by atoms with Crippen molar-refractivity contribution in [2.75, 3.05) is 13.7 Å². The Balaban J connectivity index is 1.64. The van der Waals surface area contributed by atoms with Gasteiger partial charge in [-0.2, -0.15) is 0 Å². The molecule has 7 nitrogen and oxygen atoms in total. The largest absolute Gasteiger partial charge is 0.496 e. The van der Waals surface area contributed by atoms with Crippen LogP contribution in [0.2, 0.25) is 0 Å². The van der Waals surface area contributed by atoms with Gasteiger partial charge in [-0.05, 0) is 81.3 Å². The van der Waals surface area contributed by atoms with Crippen molar-refractivity contribution in [1.29, 1.82) is 0 Å². The Hall–Kier alpha value is -4.47. The molecule has 2 aromatic heterocycles. The lowest BCUT2D eigenvalue weighted by atomic mass is 9.92. The number of benzene rings is 3. The molecule has 6 rings (SSSR count). The molecule has 1 aliphatic rings. The number of methoxy groups -OCH3 is 1. The van der Waals surface area contributed by atoms with Crippen molar-refractivity contribution in [2.24, 2.45) is 4.99 Å². The highest BCUT2D eigenvalue weighted by molar-refractivity contribution is 9.10. The van der Waals surface area contributed by atoms with Crippen LogP contribution in [-0.4, -0.2) is 28.8 Å². The highest BCUT2D eigenvalue weighted by Crippen LogP contribution is 2.40. The number of halogens is 1. The van der Waals surface area contributed by atoms with Gasteiger partial charge in [0.1, 0.15) is 11.8 Å². The third kappa shape index (κ3) is 5.62. The van der Waals surface area contributed by atoms with E-state index in [1.165, 1.54) is 16.9 Å². The standard InChI is InChI=1S/C36H32BrN3O4S/c1-6-44-35(42)31-32(24-12-8-7-9-13-24)38-36-40(33(31)28-20-26(37)15-16-29(28)43-5)34(41)30(45-36)19-25-18-22(3)39(23(25)4)27-14-10-11-21(2)17-27/h7-20,33H,6H2,1-5H3/b30-19-/t33-/m0/s1. The van der Waals surface area contributed by atoms with Gasteiger partial charge in [-0.15, -0.1) is 0 Å². The van der Waals surface area contributed by atoms with Crippen LogP contribution in [0.25, 0.3) is 17.5 Å². The Bertz CT molecular complexity index is 2160. The topological polar surface area (TPSA) is 74.8 Å². The summed E-state index contributed by atoms with van der Waals surface area (Å²) in [5, 5.41) is 0. The molecule has 0 radical (unpaired) electrons. The second-order valence-corrected chi connectivity index (χ2v) is 12.7. The van der Waals surface area contributed by atoms with E-state index in [1.54, 1.807) is 18.6 Å². The monoisotopic (exact) mass is 681 g/mol. The SMILES string of the molecule is CCOC(=O)C1=C(c2ccccc2)N=c2s/c(=C\c3cc(C)n(-c4cccc(C)c4)c3C)c(=O)n2[C@H]1c1cc(Br)ccc1OC. The maximum absolute atomic E-state index is 14.4. The normalized spacial score (nSPS) is 14.7. The first kappa shape index (κ1) is 30.6. The van der Waals surface area contributed by atoms with Gasteiger partial charge < -0.3 is 14.0 Å². The fourth-order valence-electron chi connectivity index (χ4n) is 5.89. The van der Waals surface area contributed by atoms with Crippen LogP contribution in [0.3, 0.4) is 0 Å². The summed E-state index contributed by atoms with van der Waals surface area (Å²) in [5.74, 6) is -0.00120. The summed E-state index contributed by atoms with van der Waals surface area (Å²) in [5.41, 5.74) is 7.13. The summed E-state index contributed by atoms with van der Waals surface area (Å²) in [6.07, 6.45) is 1.92. The average Bonchev–Trinajstić information content (AvgIpc) is 3.50. The zero-order chi connectivity index (χ0) is 31.8. The van der Waals surface area contributed by atoms with Crippen molar-refractivity contribution in [1.82, 2.24) is 9.13 Å². The molecule has 0 bridgehead atoms. The van der Waals surface area contributed by atoms with Crippen LogP contribution in [-0.2, 0) is 9.53 Å². The van der Waals surface area contributed by atoms with E-state index in [9.17, 15) is 9.59 Å². The summed E-state index contributed by atoms with van der Waals surface area (Å²) in [4.78, 5) is 33.7. The van der Waals surface area contributed by atoms with Crippen LogP contribution in [0.4, 0.5) is 0 Å². The maximum Gasteiger partial charge on any atom is 0.338 e. The number of hydrogen-bond acceptors (Lipinski definition) is 6. The molecule has 0 N–H and O–H groups in total. The number of thiazole rings is 1. The molecule has 5 aromatic rings. The first-order valence-electron chi connectivity index (χ1n) is 14.6. The van der Waals surface area contributed by atoms with Crippen molar-refractivity contribution < 1.29 is 14.3 Å². The number of aromatic nitrogens is 2. The Morgan fingerprint density at radius 2 is 1.80 bits per heavy atom. The maximum atomic E-state index is 14.4. The molecule has 1 aliphatic heterocycles. The third-order valence-corrected chi connectivity index (χ3v) is 9.35. The molecule has 0 fully saturated rings. The van der Waals surface area contributed by atoms with Gasteiger partial charge in [-0.25, -0.2) is 9.79 Å². The summed E-state index contributed by atoms with van der Waals surface area (Å²) in [6, 6.07) is 24.7. The van der Waals surface area contributed by atoms with Crippen molar-refractivity contribution in [3.8, 4) is 11.4 Å². The Kier molecular flexibility index (Phi) is 8.48. The number of hydrogen-bond donors (Lipinski definition) is 0. The average molecular weight is 683 g/mol. The fraction of sp³-hybridized carbons (Fsp3) is 0.194. The number of carbonyl (C=O) groups is 1. The molecular weight excluding hydrogens is 650 g/mol. The molecule has 9 heteroatoms. The molecule has 0 saturated heterocycles. The molecule has 0 aliphatic carbocycles. The zero-order valence-electron chi connectivity index (χ0n) is 25.6. The van der Waals surface area contributed by atoms with Gasteiger partial charge in [0.2, 0.25) is 0 Å². The van der Waals surface area contributed by atoms with Gasteiger partial charge in [0.25, 0.3) is 5.56 Å². The van der Waals surface area contributed by atoms with Crippen LogP contribution in [0.1, 0.15) is 46.6 Å². The second kappa shape index (κ2) is 12.5. The number of carbonyl (C=O) groups excluding carboxylic acids is 1. The van der Waals surface area contributed by atoms with E-state index in [-0.39, 0.29) is 17.7 Å². The molecule has 1 atom stereocenters. The lowest BCUT2D eigenvalue weighted by molar-refractivity contribution is -0.138. The minimum Gasteiger partial charge on any atom is -0.496 e. The molecule has 228 valence electrons. The van der Waals surface area contributed by atoms with Crippen molar-refractivity contribution in [3.63, 3.8) is 0 Å². The van der Waals surface area contributed by atoms with Gasteiger partial charge in [0.15, 0.2) is 4.80 Å². The highest BCUT2D eigenvalue weighted by atomic mass is 79.9. The number of ether oxygens (including phenoxy) is 2. The number of rotatable bonds is 7. The predicted octanol–water partition coefficient (Wildman–Crippen LogP) is 6.42. The molecule has 0 spiro atoms. The molecule has 0 amide bonds. The third-order valence-electron chi connectivity index (χ3n) is 7.88. The van der Waals surface area contributed by atoms with Crippen LogP contribution < -0.4 is 19.6 Å². The van der Waals surface area contributed by atoms with E-state index in [4.69, 9.17) is 14.5 Å². The number of nitrogens with zero attached hydrogens (tertiary/aromatic N) is 3. The lowest BCUT2D eigenvalue weighted by Crippen LogP contribution is -2.40. The fourth-order valence-corrected chi connectivity index (χ4v) is 7.26. The van der Waals surface area contributed by atoms with Gasteiger partial charge >= 0.3 is 5.97 Å². The van der Waals surface area contributed by atoms with Crippen LogP contribution in [0, 0.1) is 20.8 Å². The summed E-state index contributed by atoms with van der Waals surface area (Å²) >= 11 is 4.88. The van der Waals surface area contributed by atoms with E-state index >= 15 is 0 Å². The smallest absolute Gasteiger partial charge is 0.338 e. The van der Waals surface area contributed by atoms with E-state index in [0.717, 1.165) is 32.7 Å². The van der Waals surface area contributed by atoms with Gasteiger partial charge in [-0.3, -0.25) is 9.36 Å². The van der Waals surface area contributed by atoms with E-state index < -0.39 is 12.0 Å². The molecule has 3 aromatic carbocycles. The zero-order valence-corrected chi connectivity index (χ0v) is 28.0. The van der Waals surface area contributed by atoms with Crippen LogP contribution >= 0.6 is 27.3 Å². The number of aryl methyl sites for hydroxylation is 2. The van der Waals surface area contributed by atoms with Gasteiger partial charge in [0.05, 0.1) is 29.5 Å². The Labute approximate surface area is 273 Å². The van der Waals surface area contributed by atoms with Gasteiger partial charge in [0, 0.05) is 32.7 Å².